The van der Waals surface area contributed by atoms with Crippen molar-refractivity contribution in [2.75, 3.05) is 23.3 Å². The fraction of sp³-hybridized carbons (Fsp3) is 0.333. The second-order valence-electron chi connectivity index (χ2n) is 4.88. The summed E-state index contributed by atoms with van der Waals surface area (Å²) in [5, 5.41) is 4.76. The number of nitrogens with zero attached hydrogens (tertiary/aromatic N) is 2. The molecule has 104 valence electrons. The number of amides is 1. The van der Waals surface area contributed by atoms with Crippen LogP contribution in [0.25, 0.3) is 0 Å². The Morgan fingerprint density at radius 2 is 2.05 bits per heavy atom. The predicted molar refractivity (Wildman–Crippen MR) is 82.6 cm³/mol. The molecule has 0 spiro atoms. The Balaban J connectivity index is 1.65. The number of rotatable bonds is 3. The van der Waals surface area contributed by atoms with Crippen molar-refractivity contribution >= 4 is 28.7 Å². The summed E-state index contributed by atoms with van der Waals surface area (Å²) < 4.78 is 0. The average Bonchev–Trinajstić information content (AvgIpc) is 3.03. The van der Waals surface area contributed by atoms with E-state index in [0.717, 1.165) is 24.6 Å². The quantitative estimate of drug-likeness (QED) is 0.941. The van der Waals surface area contributed by atoms with Crippen molar-refractivity contribution < 1.29 is 4.79 Å². The summed E-state index contributed by atoms with van der Waals surface area (Å²) >= 11 is 1.44. The van der Waals surface area contributed by atoms with Crippen LogP contribution in [0, 0.1) is 0 Å². The maximum atomic E-state index is 11.9. The van der Waals surface area contributed by atoms with E-state index in [9.17, 15) is 4.79 Å². The molecule has 2 aromatic heterocycles. The molecule has 0 bridgehead atoms. The molecule has 1 aliphatic rings. The fourth-order valence-electron chi connectivity index (χ4n) is 2.37. The molecule has 4 nitrogen and oxygen atoms in total. The molecule has 0 radical (unpaired) electrons. The van der Waals surface area contributed by atoms with Gasteiger partial charge in [-0.05, 0) is 42.8 Å². The third-order valence-electron chi connectivity index (χ3n) is 3.43. The number of carbonyl (C=O) groups excluding carboxylic acids is 1. The van der Waals surface area contributed by atoms with Crippen molar-refractivity contribution in [1.82, 2.24) is 4.98 Å². The molecule has 3 heterocycles. The zero-order valence-electron chi connectivity index (χ0n) is 11.2. The molecule has 0 atom stereocenters. The first-order chi connectivity index (χ1) is 9.83. The summed E-state index contributed by atoms with van der Waals surface area (Å²) in [5.41, 5.74) is 0.740. The first-order valence-corrected chi connectivity index (χ1v) is 7.77. The van der Waals surface area contributed by atoms with E-state index in [1.165, 1.54) is 30.6 Å². The van der Waals surface area contributed by atoms with E-state index in [0.29, 0.717) is 4.88 Å². The number of hydrogen-bond acceptors (Lipinski definition) is 4. The summed E-state index contributed by atoms with van der Waals surface area (Å²) in [7, 11) is 0. The lowest BCUT2D eigenvalue weighted by molar-refractivity contribution is 0.103. The number of thiophene rings is 1. The van der Waals surface area contributed by atoms with Gasteiger partial charge in [0.15, 0.2) is 0 Å². The topological polar surface area (TPSA) is 45.2 Å². The van der Waals surface area contributed by atoms with Gasteiger partial charge in [-0.3, -0.25) is 4.79 Å². The van der Waals surface area contributed by atoms with Gasteiger partial charge in [0.05, 0.1) is 16.8 Å². The molecule has 0 saturated carbocycles. The van der Waals surface area contributed by atoms with Gasteiger partial charge in [0.25, 0.3) is 5.91 Å². The highest BCUT2D eigenvalue weighted by Gasteiger charge is 2.12. The molecule has 0 aromatic carbocycles. The minimum atomic E-state index is -0.0764. The van der Waals surface area contributed by atoms with Crippen molar-refractivity contribution in [1.29, 1.82) is 0 Å². The van der Waals surface area contributed by atoms with E-state index >= 15 is 0 Å². The molecule has 0 unspecified atom stereocenters. The largest absolute Gasteiger partial charge is 0.357 e. The molecule has 1 amide bonds. The summed E-state index contributed by atoms with van der Waals surface area (Å²) in [6.45, 7) is 2.15. The van der Waals surface area contributed by atoms with Crippen LogP contribution in [-0.4, -0.2) is 24.0 Å². The Morgan fingerprint density at radius 3 is 2.70 bits per heavy atom. The molecule has 3 rings (SSSR count). The van der Waals surface area contributed by atoms with E-state index in [2.05, 4.69) is 15.2 Å². The van der Waals surface area contributed by atoms with Crippen LogP contribution in [0.3, 0.4) is 0 Å². The number of piperidine rings is 1. The monoisotopic (exact) mass is 287 g/mol. The molecule has 0 aliphatic carbocycles. The van der Waals surface area contributed by atoms with E-state index < -0.39 is 0 Å². The molecule has 1 fully saturated rings. The van der Waals surface area contributed by atoms with Gasteiger partial charge >= 0.3 is 0 Å². The zero-order chi connectivity index (χ0) is 13.8. The van der Waals surface area contributed by atoms with E-state index in [1.54, 1.807) is 6.20 Å². The Labute approximate surface area is 122 Å². The highest BCUT2D eigenvalue weighted by atomic mass is 32.1. The van der Waals surface area contributed by atoms with Crippen LogP contribution in [0.15, 0.2) is 35.8 Å². The van der Waals surface area contributed by atoms with E-state index in [-0.39, 0.29) is 5.91 Å². The first kappa shape index (κ1) is 13.1. The van der Waals surface area contributed by atoms with Gasteiger partial charge in [-0.1, -0.05) is 6.07 Å². The van der Waals surface area contributed by atoms with Crippen LogP contribution < -0.4 is 10.2 Å². The van der Waals surface area contributed by atoms with Crippen molar-refractivity contribution in [3.63, 3.8) is 0 Å². The molecule has 1 N–H and O–H groups in total. The van der Waals surface area contributed by atoms with Crippen molar-refractivity contribution in [3.05, 3.63) is 40.7 Å². The summed E-state index contributed by atoms with van der Waals surface area (Å²) in [6.07, 6.45) is 5.51. The van der Waals surface area contributed by atoms with Crippen LogP contribution in [0.4, 0.5) is 11.5 Å². The molecular formula is C15H17N3OS. The van der Waals surface area contributed by atoms with Crippen molar-refractivity contribution in [3.8, 4) is 0 Å². The normalized spacial score (nSPS) is 15.1. The Hall–Kier alpha value is -1.88. The molecular weight excluding hydrogens is 270 g/mol. The summed E-state index contributed by atoms with van der Waals surface area (Å²) in [4.78, 5) is 19.4. The number of carbonyl (C=O) groups is 1. The lowest BCUT2D eigenvalue weighted by atomic mass is 10.1. The van der Waals surface area contributed by atoms with Crippen molar-refractivity contribution in [2.45, 2.75) is 19.3 Å². The van der Waals surface area contributed by atoms with Gasteiger partial charge < -0.3 is 10.2 Å². The van der Waals surface area contributed by atoms with Gasteiger partial charge in [0, 0.05) is 13.1 Å². The lowest BCUT2D eigenvalue weighted by Gasteiger charge is -2.27. The number of anilines is 2. The average molecular weight is 287 g/mol. The molecule has 5 heteroatoms. The number of pyridine rings is 1. The Bertz CT molecular complexity index is 559. The first-order valence-electron chi connectivity index (χ1n) is 6.89. The maximum absolute atomic E-state index is 11.9. The zero-order valence-corrected chi connectivity index (χ0v) is 12.0. The van der Waals surface area contributed by atoms with Gasteiger partial charge in [-0.15, -0.1) is 11.3 Å². The second kappa shape index (κ2) is 6.05. The molecule has 2 aromatic rings. The van der Waals surface area contributed by atoms with Crippen LogP contribution in [0.1, 0.15) is 28.9 Å². The highest BCUT2D eigenvalue weighted by Crippen LogP contribution is 2.19. The van der Waals surface area contributed by atoms with Gasteiger partial charge in [-0.2, -0.15) is 0 Å². The van der Waals surface area contributed by atoms with E-state index in [4.69, 9.17) is 0 Å². The summed E-state index contributed by atoms with van der Waals surface area (Å²) in [6, 6.07) is 7.59. The highest BCUT2D eigenvalue weighted by molar-refractivity contribution is 7.12. The van der Waals surface area contributed by atoms with Crippen molar-refractivity contribution in [2.24, 2.45) is 0 Å². The SMILES string of the molecule is O=C(Nc1ccc(N2CCCCC2)nc1)c1cccs1. The van der Waals surface area contributed by atoms with E-state index in [1.807, 2.05) is 29.6 Å². The minimum absolute atomic E-state index is 0.0764. The minimum Gasteiger partial charge on any atom is -0.357 e. The molecule has 20 heavy (non-hydrogen) atoms. The Morgan fingerprint density at radius 1 is 1.20 bits per heavy atom. The number of aromatic nitrogens is 1. The van der Waals surface area contributed by atoms with Crippen LogP contribution >= 0.6 is 11.3 Å². The number of nitrogens with one attached hydrogen (secondary N) is 1. The smallest absolute Gasteiger partial charge is 0.265 e. The summed E-state index contributed by atoms with van der Waals surface area (Å²) in [5.74, 6) is 0.923. The van der Waals surface area contributed by atoms with Crippen LogP contribution in [0.5, 0.6) is 0 Å². The van der Waals surface area contributed by atoms with Gasteiger partial charge in [0.1, 0.15) is 5.82 Å². The lowest BCUT2D eigenvalue weighted by Crippen LogP contribution is -2.30. The standard InChI is InChI=1S/C15H17N3OS/c19-15(13-5-4-10-20-13)17-12-6-7-14(16-11-12)18-8-2-1-3-9-18/h4-7,10-11H,1-3,8-9H2,(H,17,19). The maximum Gasteiger partial charge on any atom is 0.265 e. The second-order valence-corrected chi connectivity index (χ2v) is 5.83. The molecule has 1 saturated heterocycles. The van der Waals surface area contributed by atoms with Crippen LogP contribution in [0.2, 0.25) is 0 Å². The Kier molecular flexibility index (Phi) is 3.97. The van der Waals surface area contributed by atoms with Gasteiger partial charge in [0.2, 0.25) is 0 Å². The van der Waals surface area contributed by atoms with Gasteiger partial charge in [-0.25, -0.2) is 4.98 Å². The third kappa shape index (κ3) is 2.99. The molecule has 1 aliphatic heterocycles. The third-order valence-corrected chi connectivity index (χ3v) is 4.30. The fourth-order valence-corrected chi connectivity index (χ4v) is 2.99. The number of hydrogen-bond donors (Lipinski definition) is 1. The predicted octanol–water partition coefficient (Wildman–Crippen LogP) is 3.39. The van der Waals surface area contributed by atoms with Crippen LogP contribution in [-0.2, 0) is 0 Å².